The number of benzene rings is 2. The minimum atomic E-state index is -0.160. The number of nitrogens with one attached hydrogen (secondary N) is 1. The Hall–Kier alpha value is -3.02. The molecular formula is C18H18N4O2. The average molecular weight is 322 g/mol. The van der Waals surface area contributed by atoms with E-state index in [0.717, 1.165) is 12.1 Å². The third-order valence-electron chi connectivity index (χ3n) is 3.49. The Bertz CT molecular complexity index is 754. The second-order valence-corrected chi connectivity index (χ2v) is 5.28. The van der Waals surface area contributed by atoms with Gasteiger partial charge in [-0.3, -0.25) is 4.79 Å². The zero-order valence-electron chi connectivity index (χ0n) is 13.3. The molecule has 2 aromatic rings. The number of azo groups is 1. The van der Waals surface area contributed by atoms with Crippen LogP contribution in [-0.2, 0) is 0 Å². The van der Waals surface area contributed by atoms with Gasteiger partial charge in [0.15, 0.2) is 12.0 Å². The van der Waals surface area contributed by atoms with Crippen molar-refractivity contribution in [1.82, 2.24) is 0 Å². The number of carbonyl (C=O) groups is 1. The Labute approximate surface area is 140 Å². The molecule has 2 aromatic carbocycles. The fraction of sp³-hybridized carbons (Fsp3) is 0.222. The van der Waals surface area contributed by atoms with Crippen LogP contribution in [0.2, 0.25) is 0 Å². The number of anilines is 1. The van der Waals surface area contributed by atoms with Crippen molar-refractivity contribution in [2.75, 3.05) is 11.9 Å². The monoisotopic (exact) mass is 322 g/mol. The van der Waals surface area contributed by atoms with Gasteiger partial charge in [0.2, 0.25) is 0 Å². The summed E-state index contributed by atoms with van der Waals surface area (Å²) in [5, 5.41) is 10.8. The minimum absolute atomic E-state index is 0.0762. The molecule has 0 radical (unpaired) electrons. The molecule has 122 valence electrons. The van der Waals surface area contributed by atoms with Crippen LogP contribution < -0.4 is 10.1 Å². The van der Waals surface area contributed by atoms with Gasteiger partial charge < -0.3 is 10.1 Å². The van der Waals surface area contributed by atoms with E-state index < -0.39 is 0 Å². The number of ether oxygens (including phenoxy) is 1. The van der Waals surface area contributed by atoms with Gasteiger partial charge in [0.05, 0.1) is 0 Å². The topological polar surface area (TPSA) is 75.4 Å². The maximum absolute atomic E-state index is 12.2. The van der Waals surface area contributed by atoms with E-state index in [9.17, 15) is 4.79 Å². The first-order valence-electron chi connectivity index (χ1n) is 7.81. The molecule has 6 heteroatoms. The molecule has 1 N–H and O–H groups in total. The van der Waals surface area contributed by atoms with Crippen LogP contribution in [0.5, 0.6) is 5.75 Å². The van der Waals surface area contributed by atoms with Crippen molar-refractivity contribution in [1.29, 1.82) is 0 Å². The summed E-state index contributed by atoms with van der Waals surface area (Å²) in [6.45, 7) is 2.28. The SMILES string of the molecule is CCC1N=NC(COc2ccc(C(=O)Nc3ccccc3)cc2)=N1. The lowest BCUT2D eigenvalue weighted by atomic mass is 10.2. The van der Waals surface area contributed by atoms with Crippen molar-refractivity contribution in [2.24, 2.45) is 15.2 Å². The Balaban J connectivity index is 1.55. The highest BCUT2D eigenvalue weighted by Gasteiger charge is 2.12. The Morgan fingerprint density at radius 2 is 1.88 bits per heavy atom. The average Bonchev–Trinajstić information content (AvgIpc) is 3.09. The van der Waals surface area contributed by atoms with Gasteiger partial charge in [-0.15, -0.1) is 5.11 Å². The van der Waals surface area contributed by atoms with E-state index in [1.54, 1.807) is 24.3 Å². The summed E-state index contributed by atoms with van der Waals surface area (Å²) >= 11 is 0. The van der Waals surface area contributed by atoms with Crippen LogP contribution in [0.4, 0.5) is 5.69 Å². The number of nitrogens with zero attached hydrogens (tertiary/aromatic N) is 3. The quantitative estimate of drug-likeness (QED) is 0.875. The largest absolute Gasteiger partial charge is 0.486 e. The van der Waals surface area contributed by atoms with Crippen molar-refractivity contribution < 1.29 is 9.53 Å². The van der Waals surface area contributed by atoms with E-state index in [2.05, 4.69) is 20.5 Å². The van der Waals surface area contributed by atoms with E-state index >= 15 is 0 Å². The van der Waals surface area contributed by atoms with Crippen molar-refractivity contribution >= 4 is 17.4 Å². The molecule has 3 rings (SSSR count). The summed E-state index contributed by atoms with van der Waals surface area (Å²) in [5.74, 6) is 1.09. The summed E-state index contributed by atoms with van der Waals surface area (Å²) in [4.78, 5) is 16.5. The van der Waals surface area contributed by atoms with Crippen LogP contribution in [-0.4, -0.2) is 24.5 Å². The Morgan fingerprint density at radius 3 is 2.54 bits per heavy atom. The molecule has 1 heterocycles. The van der Waals surface area contributed by atoms with Gasteiger partial charge in [0.1, 0.15) is 12.4 Å². The Kier molecular flexibility index (Phi) is 4.96. The number of carbonyl (C=O) groups excluding carboxylic acids is 1. The van der Waals surface area contributed by atoms with Crippen LogP contribution in [0.15, 0.2) is 69.8 Å². The highest BCUT2D eigenvalue weighted by molar-refractivity contribution is 6.04. The summed E-state index contributed by atoms with van der Waals surface area (Å²) in [5.41, 5.74) is 1.33. The van der Waals surface area contributed by atoms with Gasteiger partial charge in [0, 0.05) is 11.3 Å². The zero-order chi connectivity index (χ0) is 16.8. The Morgan fingerprint density at radius 1 is 1.12 bits per heavy atom. The predicted molar refractivity (Wildman–Crippen MR) is 92.7 cm³/mol. The number of amides is 1. The van der Waals surface area contributed by atoms with Crippen LogP contribution >= 0.6 is 0 Å². The van der Waals surface area contributed by atoms with Crippen molar-refractivity contribution in [3.8, 4) is 5.75 Å². The van der Waals surface area contributed by atoms with Crippen molar-refractivity contribution in [3.05, 3.63) is 60.2 Å². The third-order valence-corrected chi connectivity index (χ3v) is 3.49. The fourth-order valence-electron chi connectivity index (χ4n) is 2.17. The van der Waals surface area contributed by atoms with Crippen LogP contribution in [0.3, 0.4) is 0 Å². The first-order chi connectivity index (χ1) is 11.7. The van der Waals surface area contributed by atoms with Gasteiger partial charge in [0.25, 0.3) is 5.91 Å². The molecule has 1 aliphatic rings. The minimum Gasteiger partial charge on any atom is -0.486 e. The smallest absolute Gasteiger partial charge is 0.255 e. The van der Waals surface area contributed by atoms with Gasteiger partial charge in [-0.1, -0.05) is 25.1 Å². The van der Waals surface area contributed by atoms with Gasteiger partial charge >= 0.3 is 0 Å². The molecule has 0 bridgehead atoms. The predicted octanol–water partition coefficient (Wildman–Crippen LogP) is 3.92. The first-order valence-corrected chi connectivity index (χ1v) is 7.81. The molecule has 1 atom stereocenters. The molecule has 6 nitrogen and oxygen atoms in total. The summed E-state index contributed by atoms with van der Waals surface area (Å²) < 4.78 is 5.62. The molecule has 0 fully saturated rings. The van der Waals surface area contributed by atoms with Crippen LogP contribution in [0.25, 0.3) is 0 Å². The van der Waals surface area contributed by atoms with E-state index in [4.69, 9.17) is 4.74 Å². The number of amidine groups is 1. The van der Waals surface area contributed by atoms with Crippen molar-refractivity contribution in [3.63, 3.8) is 0 Å². The van der Waals surface area contributed by atoms with Crippen LogP contribution in [0, 0.1) is 0 Å². The number of para-hydroxylation sites is 1. The summed E-state index contributed by atoms with van der Waals surface area (Å²) in [6, 6.07) is 16.3. The third kappa shape index (κ3) is 4.04. The maximum Gasteiger partial charge on any atom is 0.255 e. The molecule has 1 aliphatic heterocycles. The molecule has 1 unspecified atom stereocenters. The van der Waals surface area contributed by atoms with E-state index in [-0.39, 0.29) is 18.7 Å². The molecule has 0 saturated carbocycles. The molecule has 0 aromatic heterocycles. The van der Waals surface area contributed by atoms with Gasteiger partial charge in [-0.05, 0) is 42.8 Å². The van der Waals surface area contributed by atoms with E-state index in [1.807, 2.05) is 37.3 Å². The summed E-state index contributed by atoms with van der Waals surface area (Å²) in [6.07, 6.45) is 0.755. The van der Waals surface area contributed by atoms with E-state index in [0.29, 0.717) is 17.1 Å². The van der Waals surface area contributed by atoms with Crippen LogP contribution in [0.1, 0.15) is 23.7 Å². The first kappa shape index (κ1) is 15.9. The number of rotatable bonds is 6. The molecule has 0 aliphatic carbocycles. The van der Waals surface area contributed by atoms with E-state index in [1.165, 1.54) is 0 Å². The molecule has 0 spiro atoms. The molecule has 24 heavy (non-hydrogen) atoms. The lowest BCUT2D eigenvalue weighted by Gasteiger charge is -2.07. The molecule has 1 amide bonds. The highest BCUT2D eigenvalue weighted by atomic mass is 16.5. The normalized spacial score (nSPS) is 15.9. The number of hydrogen-bond acceptors (Lipinski definition) is 5. The lowest BCUT2D eigenvalue weighted by molar-refractivity contribution is 0.102. The standard InChI is InChI=1S/C18H18N4O2/c1-2-16-20-17(22-21-16)12-24-15-10-8-13(9-11-15)18(23)19-14-6-4-3-5-7-14/h3-11,16H,2,12H2,1H3,(H,19,23). The second kappa shape index (κ2) is 7.50. The van der Waals surface area contributed by atoms with Gasteiger partial charge in [-0.25, -0.2) is 4.99 Å². The maximum atomic E-state index is 12.2. The van der Waals surface area contributed by atoms with Gasteiger partial charge in [-0.2, -0.15) is 5.11 Å². The number of aliphatic imine (C=N–C) groups is 1. The highest BCUT2D eigenvalue weighted by Crippen LogP contribution is 2.15. The fourth-order valence-corrected chi connectivity index (χ4v) is 2.17. The lowest BCUT2D eigenvalue weighted by Crippen LogP contribution is -2.12. The molecular weight excluding hydrogens is 304 g/mol. The second-order valence-electron chi connectivity index (χ2n) is 5.28. The number of hydrogen-bond donors (Lipinski definition) is 1. The summed E-state index contributed by atoms with van der Waals surface area (Å²) in [7, 11) is 0. The zero-order valence-corrected chi connectivity index (χ0v) is 13.3. The molecule has 0 saturated heterocycles. The van der Waals surface area contributed by atoms with Crippen molar-refractivity contribution in [2.45, 2.75) is 19.5 Å².